The maximum absolute atomic E-state index is 12.4. The Kier molecular flexibility index (Phi) is 5.23. The van der Waals surface area contributed by atoms with Crippen LogP contribution in [0.5, 0.6) is 5.75 Å². The molecule has 1 N–H and O–H groups in total. The molecule has 0 bridgehead atoms. The van der Waals surface area contributed by atoms with Crippen LogP contribution in [-0.4, -0.2) is 12.5 Å². The zero-order valence-electron chi connectivity index (χ0n) is 12.1. The lowest BCUT2D eigenvalue weighted by molar-refractivity contribution is 0.0936. The molecule has 0 spiro atoms. The number of nitrogens with one attached hydrogen (secondary N) is 1. The van der Waals surface area contributed by atoms with Crippen molar-refractivity contribution in [2.45, 2.75) is 19.9 Å². The van der Waals surface area contributed by atoms with Gasteiger partial charge in [0.25, 0.3) is 5.91 Å². The summed E-state index contributed by atoms with van der Waals surface area (Å²) in [6.07, 6.45) is 0. The van der Waals surface area contributed by atoms with Crippen LogP contribution in [0.3, 0.4) is 0 Å². The summed E-state index contributed by atoms with van der Waals surface area (Å²) in [6.45, 7) is 4.35. The molecule has 0 saturated heterocycles. The average Bonchev–Trinajstić information content (AvgIpc) is 2.48. The van der Waals surface area contributed by atoms with Crippen LogP contribution >= 0.6 is 11.6 Å². The predicted octanol–water partition coefficient (Wildman–Crippen LogP) is 4.23. The van der Waals surface area contributed by atoms with Crippen molar-refractivity contribution in [1.29, 1.82) is 0 Å². The lowest BCUT2D eigenvalue weighted by atomic mass is 10.1. The van der Waals surface area contributed by atoms with Gasteiger partial charge in [-0.05, 0) is 43.7 Å². The fourth-order valence-corrected chi connectivity index (χ4v) is 2.17. The number of ether oxygens (including phenoxy) is 1. The molecule has 21 heavy (non-hydrogen) atoms. The second kappa shape index (κ2) is 7.14. The number of hydrogen-bond acceptors (Lipinski definition) is 2. The quantitative estimate of drug-likeness (QED) is 0.897. The molecule has 0 saturated carbocycles. The molecular formula is C17H18ClNO2. The molecule has 0 aromatic heterocycles. The summed E-state index contributed by atoms with van der Waals surface area (Å²) in [7, 11) is 0. The number of para-hydroxylation sites is 1. The van der Waals surface area contributed by atoms with Gasteiger partial charge in [-0.15, -0.1) is 0 Å². The van der Waals surface area contributed by atoms with Gasteiger partial charge in [0.1, 0.15) is 5.75 Å². The Morgan fingerprint density at radius 1 is 1.19 bits per heavy atom. The monoisotopic (exact) mass is 303 g/mol. The van der Waals surface area contributed by atoms with E-state index >= 15 is 0 Å². The van der Waals surface area contributed by atoms with Crippen LogP contribution in [0.15, 0.2) is 48.5 Å². The summed E-state index contributed by atoms with van der Waals surface area (Å²) < 4.78 is 5.48. The number of carbonyl (C=O) groups excluding carboxylic acids is 1. The van der Waals surface area contributed by atoms with Crippen LogP contribution in [0.1, 0.15) is 35.8 Å². The molecule has 1 amide bonds. The van der Waals surface area contributed by atoms with E-state index in [2.05, 4.69) is 5.32 Å². The molecule has 2 aromatic rings. The molecule has 0 aliphatic heterocycles. The third-order valence-electron chi connectivity index (χ3n) is 3.15. The fourth-order valence-electron chi connectivity index (χ4n) is 2.04. The normalized spacial score (nSPS) is 11.8. The molecule has 4 heteroatoms. The van der Waals surface area contributed by atoms with E-state index in [1.165, 1.54) is 0 Å². The Morgan fingerprint density at radius 3 is 2.52 bits per heavy atom. The van der Waals surface area contributed by atoms with Crippen molar-refractivity contribution in [2.24, 2.45) is 0 Å². The van der Waals surface area contributed by atoms with Crippen molar-refractivity contribution in [1.82, 2.24) is 5.32 Å². The second-order valence-electron chi connectivity index (χ2n) is 4.68. The average molecular weight is 304 g/mol. The molecule has 3 nitrogen and oxygen atoms in total. The third-order valence-corrected chi connectivity index (χ3v) is 3.40. The first-order valence-electron chi connectivity index (χ1n) is 6.90. The minimum atomic E-state index is -0.151. The highest BCUT2D eigenvalue weighted by molar-refractivity contribution is 6.30. The van der Waals surface area contributed by atoms with Gasteiger partial charge in [-0.1, -0.05) is 35.9 Å². The van der Waals surface area contributed by atoms with Crippen LogP contribution < -0.4 is 10.1 Å². The van der Waals surface area contributed by atoms with Gasteiger partial charge in [0.2, 0.25) is 0 Å². The van der Waals surface area contributed by atoms with Gasteiger partial charge in [-0.25, -0.2) is 0 Å². The van der Waals surface area contributed by atoms with E-state index < -0.39 is 0 Å². The van der Waals surface area contributed by atoms with Crippen molar-refractivity contribution in [3.63, 3.8) is 0 Å². The zero-order chi connectivity index (χ0) is 15.2. The number of hydrogen-bond donors (Lipinski definition) is 1. The van der Waals surface area contributed by atoms with Crippen molar-refractivity contribution >= 4 is 17.5 Å². The summed E-state index contributed by atoms with van der Waals surface area (Å²) in [6, 6.07) is 14.6. The smallest absolute Gasteiger partial charge is 0.255 e. The summed E-state index contributed by atoms with van der Waals surface area (Å²) in [5, 5.41) is 3.65. The van der Waals surface area contributed by atoms with Crippen molar-refractivity contribution in [3.8, 4) is 5.75 Å². The van der Waals surface area contributed by atoms with Crippen molar-refractivity contribution in [3.05, 3.63) is 64.7 Å². The van der Waals surface area contributed by atoms with Gasteiger partial charge in [0, 0.05) is 5.02 Å². The van der Waals surface area contributed by atoms with Gasteiger partial charge in [0.05, 0.1) is 18.2 Å². The van der Waals surface area contributed by atoms with Crippen LogP contribution in [0.4, 0.5) is 0 Å². The number of carbonyl (C=O) groups is 1. The highest BCUT2D eigenvalue weighted by atomic mass is 35.5. The first kappa shape index (κ1) is 15.4. The predicted molar refractivity (Wildman–Crippen MR) is 84.9 cm³/mol. The van der Waals surface area contributed by atoms with Gasteiger partial charge < -0.3 is 10.1 Å². The molecule has 1 unspecified atom stereocenters. The van der Waals surface area contributed by atoms with E-state index in [0.717, 1.165) is 5.56 Å². The lowest BCUT2D eigenvalue weighted by Crippen LogP contribution is -2.27. The standard InChI is InChI=1S/C17H18ClNO2/c1-3-21-16-7-5-4-6-15(16)17(20)19-12(2)13-8-10-14(18)11-9-13/h4-12H,3H2,1-2H3,(H,19,20). The summed E-state index contributed by atoms with van der Waals surface area (Å²) in [5.74, 6) is 0.447. The summed E-state index contributed by atoms with van der Waals surface area (Å²) in [5.41, 5.74) is 1.54. The van der Waals surface area contributed by atoms with Crippen LogP contribution in [-0.2, 0) is 0 Å². The Morgan fingerprint density at radius 2 is 1.86 bits per heavy atom. The highest BCUT2D eigenvalue weighted by Crippen LogP contribution is 2.20. The Bertz CT molecular complexity index is 610. The third kappa shape index (κ3) is 3.99. The highest BCUT2D eigenvalue weighted by Gasteiger charge is 2.15. The van der Waals surface area contributed by atoms with Gasteiger partial charge in [-0.2, -0.15) is 0 Å². The van der Waals surface area contributed by atoms with Crippen LogP contribution in [0.25, 0.3) is 0 Å². The number of halogens is 1. The first-order valence-corrected chi connectivity index (χ1v) is 7.27. The van der Waals surface area contributed by atoms with E-state index in [1.807, 2.05) is 50.2 Å². The molecule has 0 heterocycles. The topological polar surface area (TPSA) is 38.3 Å². The molecule has 2 rings (SSSR count). The number of benzene rings is 2. The Hall–Kier alpha value is -2.00. The minimum Gasteiger partial charge on any atom is -0.493 e. The fraction of sp³-hybridized carbons (Fsp3) is 0.235. The van der Waals surface area contributed by atoms with Gasteiger partial charge >= 0.3 is 0 Å². The zero-order valence-corrected chi connectivity index (χ0v) is 12.9. The largest absolute Gasteiger partial charge is 0.493 e. The number of amides is 1. The molecule has 0 aliphatic rings. The maximum Gasteiger partial charge on any atom is 0.255 e. The lowest BCUT2D eigenvalue weighted by Gasteiger charge is -2.16. The van der Waals surface area contributed by atoms with E-state index in [0.29, 0.717) is 22.9 Å². The van der Waals surface area contributed by atoms with Crippen molar-refractivity contribution < 1.29 is 9.53 Å². The Labute approximate surface area is 129 Å². The van der Waals surface area contributed by atoms with E-state index in [4.69, 9.17) is 16.3 Å². The molecule has 1 atom stereocenters. The first-order chi connectivity index (χ1) is 10.1. The van der Waals surface area contributed by atoms with E-state index in [-0.39, 0.29) is 11.9 Å². The van der Waals surface area contributed by atoms with Gasteiger partial charge in [0.15, 0.2) is 0 Å². The van der Waals surface area contributed by atoms with E-state index in [9.17, 15) is 4.79 Å². The van der Waals surface area contributed by atoms with Crippen LogP contribution in [0.2, 0.25) is 5.02 Å². The van der Waals surface area contributed by atoms with Crippen molar-refractivity contribution in [2.75, 3.05) is 6.61 Å². The molecule has 0 fully saturated rings. The second-order valence-corrected chi connectivity index (χ2v) is 5.11. The molecule has 0 aliphatic carbocycles. The molecular weight excluding hydrogens is 286 g/mol. The summed E-state index contributed by atoms with van der Waals surface area (Å²) in [4.78, 5) is 12.4. The molecule has 110 valence electrons. The summed E-state index contributed by atoms with van der Waals surface area (Å²) >= 11 is 5.87. The SMILES string of the molecule is CCOc1ccccc1C(=O)NC(C)c1ccc(Cl)cc1. The number of rotatable bonds is 5. The molecule has 0 radical (unpaired) electrons. The van der Waals surface area contributed by atoms with E-state index in [1.54, 1.807) is 12.1 Å². The van der Waals surface area contributed by atoms with Crippen LogP contribution in [0, 0.1) is 0 Å². The Balaban J connectivity index is 2.12. The molecule has 2 aromatic carbocycles. The maximum atomic E-state index is 12.4. The minimum absolute atomic E-state index is 0.107. The van der Waals surface area contributed by atoms with Gasteiger partial charge in [-0.3, -0.25) is 4.79 Å².